The smallest absolute Gasteiger partial charge is 0.256 e. The van der Waals surface area contributed by atoms with Gasteiger partial charge in [-0.05, 0) is 70.7 Å². The molecule has 0 unspecified atom stereocenters. The third-order valence-corrected chi connectivity index (χ3v) is 4.63. The molecule has 2 aromatic carbocycles. The molecule has 0 bridgehead atoms. The van der Waals surface area contributed by atoms with E-state index in [-0.39, 0.29) is 5.91 Å². The van der Waals surface area contributed by atoms with Crippen molar-refractivity contribution in [1.82, 2.24) is 0 Å². The lowest BCUT2D eigenvalue weighted by Crippen LogP contribution is -2.15. The molecule has 2 N–H and O–H groups in total. The SMILES string of the molecule is O=C(Nc1ccc2c(c1)CCCN2)c1ccc(Br)cc1Br. The van der Waals surface area contributed by atoms with E-state index in [9.17, 15) is 4.79 Å². The average Bonchev–Trinajstić information content (AvgIpc) is 2.47. The highest BCUT2D eigenvalue weighted by molar-refractivity contribution is 9.11. The maximum Gasteiger partial charge on any atom is 0.256 e. The first kappa shape index (κ1) is 14.6. The number of hydrogen-bond donors (Lipinski definition) is 2. The molecule has 0 fully saturated rings. The Labute approximate surface area is 140 Å². The molecular weight excluding hydrogens is 396 g/mol. The minimum atomic E-state index is -0.113. The van der Waals surface area contributed by atoms with Crippen LogP contribution in [0.2, 0.25) is 0 Å². The fourth-order valence-corrected chi connectivity index (χ4v) is 3.65. The van der Waals surface area contributed by atoms with Crippen LogP contribution in [-0.4, -0.2) is 12.5 Å². The zero-order chi connectivity index (χ0) is 14.8. The van der Waals surface area contributed by atoms with E-state index in [4.69, 9.17) is 0 Å². The van der Waals surface area contributed by atoms with Gasteiger partial charge in [-0.25, -0.2) is 0 Å². The molecule has 0 aromatic heterocycles. The Hall–Kier alpha value is -1.33. The molecule has 3 rings (SSSR count). The van der Waals surface area contributed by atoms with Gasteiger partial charge in [0.2, 0.25) is 0 Å². The molecular formula is C16H14Br2N2O. The Morgan fingerprint density at radius 3 is 2.81 bits per heavy atom. The summed E-state index contributed by atoms with van der Waals surface area (Å²) in [5, 5.41) is 6.32. The molecule has 1 amide bonds. The number of benzene rings is 2. The standard InChI is InChI=1S/C16H14Br2N2O/c17-11-3-5-13(14(18)9-11)16(21)20-12-4-6-15-10(8-12)2-1-7-19-15/h3-6,8-9,19H,1-2,7H2,(H,20,21). The van der Waals surface area contributed by atoms with Crippen molar-refractivity contribution >= 4 is 49.1 Å². The summed E-state index contributed by atoms with van der Waals surface area (Å²) in [4.78, 5) is 12.3. The van der Waals surface area contributed by atoms with Crippen LogP contribution in [0.5, 0.6) is 0 Å². The molecule has 1 aliphatic heterocycles. The molecule has 21 heavy (non-hydrogen) atoms. The van der Waals surface area contributed by atoms with Gasteiger partial charge in [-0.3, -0.25) is 4.79 Å². The number of amides is 1. The highest BCUT2D eigenvalue weighted by Crippen LogP contribution is 2.26. The number of fused-ring (bicyclic) bond motifs is 1. The fraction of sp³-hybridized carbons (Fsp3) is 0.188. The third kappa shape index (κ3) is 3.30. The van der Waals surface area contributed by atoms with Crippen molar-refractivity contribution in [1.29, 1.82) is 0 Å². The van der Waals surface area contributed by atoms with Crippen LogP contribution in [-0.2, 0) is 6.42 Å². The van der Waals surface area contributed by atoms with Crippen LogP contribution in [0.25, 0.3) is 0 Å². The molecule has 1 aliphatic rings. The van der Waals surface area contributed by atoms with E-state index in [0.717, 1.165) is 34.0 Å². The van der Waals surface area contributed by atoms with Crippen molar-refractivity contribution in [3.05, 3.63) is 56.5 Å². The van der Waals surface area contributed by atoms with Gasteiger partial charge in [0.05, 0.1) is 5.56 Å². The summed E-state index contributed by atoms with van der Waals surface area (Å²) in [5.41, 5.74) is 3.88. The Kier molecular flexibility index (Phi) is 4.31. The van der Waals surface area contributed by atoms with Gasteiger partial charge in [0, 0.05) is 26.9 Å². The molecule has 108 valence electrons. The van der Waals surface area contributed by atoms with Crippen molar-refractivity contribution in [3.8, 4) is 0 Å². The van der Waals surface area contributed by atoms with Crippen LogP contribution in [0.3, 0.4) is 0 Å². The van der Waals surface area contributed by atoms with Gasteiger partial charge in [0.25, 0.3) is 5.91 Å². The van der Waals surface area contributed by atoms with E-state index in [1.54, 1.807) is 6.07 Å². The Morgan fingerprint density at radius 2 is 2.00 bits per heavy atom. The first-order valence-electron chi connectivity index (χ1n) is 6.77. The molecule has 0 saturated heterocycles. The van der Waals surface area contributed by atoms with Gasteiger partial charge < -0.3 is 10.6 Å². The first-order valence-corrected chi connectivity index (χ1v) is 8.35. The number of aryl methyl sites for hydroxylation is 1. The number of rotatable bonds is 2. The third-order valence-electron chi connectivity index (χ3n) is 3.48. The molecule has 0 atom stereocenters. The van der Waals surface area contributed by atoms with Crippen molar-refractivity contribution in [2.45, 2.75) is 12.8 Å². The molecule has 0 spiro atoms. The Balaban J connectivity index is 1.81. The second-order valence-corrected chi connectivity index (χ2v) is 6.75. The maximum absolute atomic E-state index is 12.3. The van der Waals surface area contributed by atoms with E-state index in [0.29, 0.717) is 5.56 Å². The number of nitrogens with one attached hydrogen (secondary N) is 2. The van der Waals surface area contributed by atoms with E-state index >= 15 is 0 Å². The van der Waals surface area contributed by atoms with Gasteiger partial charge in [0.15, 0.2) is 0 Å². The van der Waals surface area contributed by atoms with Crippen molar-refractivity contribution in [2.75, 3.05) is 17.2 Å². The summed E-state index contributed by atoms with van der Waals surface area (Å²) in [6.45, 7) is 1.02. The van der Waals surface area contributed by atoms with E-state index in [1.165, 1.54) is 11.3 Å². The largest absolute Gasteiger partial charge is 0.385 e. The second kappa shape index (κ2) is 6.20. The van der Waals surface area contributed by atoms with Crippen LogP contribution >= 0.6 is 31.9 Å². The van der Waals surface area contributed by atoms with Gasteiger partial charge in [0.1, 0.15) is 0 Å². The maximum atomic E-state index is 12.3. The zero-order valence-corrected chi connectivity index (χ0v) is 14.4. The number of carbonyl (C=O) groups is 1. The summed E-state index contributed by atoms with van der Waals surface area (Å²) < 4.78 is 1.71. The van der Waals surface area contributed by atoms with Crippen LogP contribution in [0.4, 0.5) is 11.4 Å². The van der Waals surface area contributed by atoms with Crippen molar-refractivity contribution in [3.63, 3.8) is 0 Å². The minimum Gasteiger partial charge on any atom is -0.385 e. The molecule has 0 saturated carbocycles. The highest BCUT2D eigenvalue weighted by Gasteiger charge is 2.13. The quantitative estimate of drug-likeness (QED) is 0.746. The molecule has 3 nitrogen and oxygen atoms in total. The summed E-state index contributed by atoms with van der Waals surface area (Å²) in [5.74, 6) is -0.113. The van der Waals surface area contributed by atoms with Crippen molar-refractivity contribution in [2.24, 2.45) is 0 Å². The number of hydrogen-bond acceptors (Lipinski definition) is 2. The van der Waals surface area contributed by atoms with Gasteiger partial charge >= 0.3 is 0 Å². The van der Waals surface area contributed by atoms with Crippen LogP contribution in [0.15, 0.2) is 45.3 Å². The Bertz CT molecular complexity index is 701. The first-order chi connectivity index (χ1) is 10.1. The summed E-state index contributed by atoms with van der Waals surface area (Å²) in [7, 11) is 0. The van der Waals surface area contributed by atoms with Gasteiger partial charge in [-0.15, -0.1) is 0 Å². The molecule has 0 aliphatic carbocycles. The Morgan fingerprint density at radius 1 is 1.14 bits per heavy atom. The molecule has 0 radical (unpaired) electrons. The lowest BCUT2D eigenvalue weighted by Gasteiger charge is -2.19. The van der Waals surface area contributed by atoms with E-state index in [1.807, 2.05) is 30.3 Å². The summed E-state index contributed by atoms with van der Waals surface area (Å²) in [6, 6.07) is 11.5. The van der Waals surface area contributed by atoms with Crippen LogP contribution < -0.4 is 10.6 Å². The number of anilines is 2. The highest BCUT2D eigenvalue weighted by atomic mass is 79.9. The number of carbonyl (C=O) groups excluding carboxylic acids is 1. The zero-order valence-electron chi connectivity index (χ0n) is 11.2. The van der Waals surface area contributed by atoms with E-state index < -0.39 is 0 Å². The second-order valence-electron chi connectivity index (χ2n) is 4.98. The van der Waals surface area contributed by atoms with Crippen LogP contribution in [0, 0.1) is 0 Å². The summed E-state index contributed by atoms with van der Waals surface area (Å²) >= 11 is 6.81. The van der Waals surface area contributed by atoms with Gasteiger partial charge in [-0.1, -0.05) is 15.9 Å². The monoisotopic (exact) mass is 408 g/mol. The lowest BCUT2D eigenvalue weighted by atomic mass is 10.0. The predicted octanol–water partition coefficient (Wildman–Crippen LogP) is 4.82. The average molecular weight is 410 g/mol. The van der Waals surface area contributed by atoms with Crippen LogP contribution in [0.1, 0.15) is 22.3 Å². The topological polar surface area (TPSA) is 41.1 Å². The van der Waals surface area contributed by atoms with Gasteiger partial charge in [-0.2, -0.15) is 0 Å². The predicted molar refractivity (Wildman–Crippen MR) is 93.0 cm³/mol. The molecule has 5 heteroatoms. The number of halogens is 2. The molecule has 1 heterocycles. The summed E-state index contributed by atoms with van der Waals surface area (Å²) in [6.07, 6.45) is 2.18. The molecule has 2 aromatic rings. The van der Waals surface area contributed by atoms with Crippen molar-refractivity contribution < 1.29 is 4.79 Å². The normalized spacial score (nSPS) is 13.2. The van der Waals surface area contributed by atoms with E-state index in [2.05, 4.69) is 42.5 Å². The lowest BCUT2D eigenvalue weighted by molar-refractivity contribution is 0.102. The minimum absolute atomic E-state index is 0.113. The fourth-order valence-electron chi connectivity index (χ4n) is 2.42.